The largest absolute Gasteiger partial charge is 0.383 e. The topological polar surface area (TPSA) is 90.3 Å². The van der Waals surface area contributed by atoms with Crippen LogP contribution in [0.1, 0.15) is 12.7 Å². The van der Waals surface area contributed by atoms with Crippen molar-refractivity contribution < 1.29 is 17.9 Å². The molecule has 126 valence electrons. The predicted molar refractivity (Wildman–Crippen MR) is 87.8 cm³/mol. The van der Waals surface area contributed by atoms with Crippen LogP contribution in [0.25, 0.3) is 11.0 Å². The number of para-hydroxylation sites is 2. The molecule has 1 aromatic carbocycles. The van der Waals surface area contributed by atoms with Crippen LogP contribution in [-0.2, 0) is 31.7 Å². The van der Waals surface area contributed by atoms with Crippen molar-refractivity contribution in [3.8, 4) is 0 Å². The summed E-state index contributed by atoms with van der Waals surface area (Å²) < 4.78 is 29.8. The van der Waals surface area contributed by atoms with Crippen LogP contribution >= 0.6 is 0 Å². The van der Waals surface area contributed by atoms with Gasteiger partial charge in [0.05, 0.1) is 17.6 Å². The summed E-state index contributed by atoms with van der Waals surface area (Å²) in [6, 6.07) is 7.14. The number of amides is 1. The summed E-state index contributed by atoms with van der Waals surface area (Å²) in [5, 5.41) is 2.81. The first-order valence-corrected chi connectivity index (χ1v) is 9.26. The molecular weight excluding hydrogens is 318 g/mol. The molecule has 0 saturated heterocycles. The summed E-state index contributed by atoms with van der Waals surface area (Å²) in [6.45, 7) is 2.26. The van der Waals surface area contributed by atoms with Gasteiger partial charge in [-0.3, -0.25) is 4.79 Å². The second-order valence-electron chi connectivity index (χ2n) is 5.60. The lowest BCUT2D eigenvalue weighted by Gasteiger charge is -2.14. The Kier molecular flexibility index (Phi) is 5.38. The monoisotopic (exact) mass is 339 g/mol. The molecule has 0 aliphatic carbocycles. The number of aromatic nitrogens is 2. The molecule has 8 heteroatoms. The Balaban J connectivity index is 2.30. The van der Waals surface area contributed by atoms with Crippen molar-refractivity contribution in [1.82, 2.24) is 14.9 Å². The van der Waals surface area contributed by atoms with E-state index in [1.807, 2.05) is 25.1 Å². The number of nitrogens with one attached hydrogen (secondary N) is 1. The highest BCUT2D eigenvalue weighted by molar-refractivity contribution is 7.89. The fourth-order valence-corrected chi connectivity index (χ4v) is 3.09. The van der Waals surface area contributed by atoms with E-state index in [-0.39, 0.29) is 24.2 Å². The zero-order valence-electron chi connectivity index (χ0n) is 13.4. The number of carbonyl (C=O) groups is 1. The molecule has 0 spiro atoms. The normalized spacial score (nSPS) is 13.2. The molecule has 1 amide bonds. The molecule has 7 nitrogen and oxygen atoms in total. The van der Waals surface area contributed by atoms with Crippen LogP contribution < -0.4 is 5.32 Å². The highest BCUT2D eigenvalue weighted by atomic mass is 32.2. The van der Waals surface area contributed by atoms with Crippen molar-refractivity contribution in [2.45, 2.75) is 25.3 Å². The number of ether oxygens (including phenoxy) is 1. The van der Waals surface area contributed by atoms with Crippen LogP contribution in [0.4, 0.5) is 0 Å². The Labute approximate surface area is 135 Å². The van der Waals surface area contributed by atoms with Gasteiger partial charge in [0.25, 0.3) is 0 Å². The zero-order chi connectivity index (χ0) is 17.0. The van der Waals surface area contributed by atoms with Crippen LogP contribution in [0.5, 0.6) is 0 Å². The number of fused-ring (bicyclic) bond motifs is 1. The lowest BCUT2D eigenvalue weighted by molar-refractivity contribution is -0.122. The first kappa shape index (κ1) is 17.4. The SMILES string of the molecule is COCC(C)NC(=O)Cn1c(CS(C)(=O)=O)nc2ccccc21. The minimum Gasteiger partial charge on any atom is -0.383 e. The van der Waals surface area contributed by atoms with E-state index in [9.17, 15) is 13.2 Å². The van der Waals surface area contributed by atoms with Gasteiger partial charge in [0.15, 0.2) is 9.84 Å². The third-order valence-corrected chi connectivity index (χ3v) is 4.03. The molecule has 1 aromatic heterocycles. The Morgan fingerprint density at radius 3 is 2.74 bits per heavy atom. The standard InChI is InChI=1S/C15H21N3O4S/c1-11(9-22-2)16-15(19)8-18-13-7-5-4-6-12(13)17-14(18)10-23(3,20)21/h4-7,11H,8-10H2,1-3H3,(H,16,19). The van der Waals surface area contributed by atoms with Crippen molar-refractivity contribution >= 4 is 26.8 Å². The zero-order valence-corrected chi connectivity index (χ0v) is 14.3. The van der Waals surface area contributed by atoms with Crippen LogP contribution in [0, 0.1) is 0 Å². The van der Waals surface area contributed by atoms with Crippen LogP contribution in [0.3, 0.4) is 0 Å². The maximum atomic E-state index is 12.2. The molecule has 0 saturated carbocycles. The Morgan fingerprint density at radius 2 is 2.09 bits per heavy atom. The molecule has 1 heterocycles. The number of nitrogens with zero attached hydrogens (tertiary/aromatic N) is 2. The van der Waals surface area contributed by atoms with E-state index in [1.165, 1.54) is 0 Å². The molecule has 2 aromatic rings. The quantitative estimate of drug-likeness (QED) is 0.803. The highest BCUT2D eigenvalue weighted by Gasteiger charge is 2.17. The molecule has 0 radical (unpaired) electrons. The number of imidazole rings is 1. The summed E-state index contributed by atoms with van der Waals surface area (Å²) in [5.74, 6) is -0.0570. The molecule has 0 fully saturated rings. The average molecular weight is 339 g/mol. The summed E-state index contributed by atoms with van der Waals surface area (Å²) in [6.07, 6.45) is 1.15. The predicted octanol–water partition coefficient (Wildman–Crippen LogP) is 0.732. The number of rotatable bonds is 7. The molecule has 1 atom stereocenters. The van der Waals surface area contributed by atoms with Crippen molar-refractivity contribution in [2.75, 3.05) is 20.0 Å². The third kappa shape index (κ3) is 4.77. The van der Waals surface area contributed by atoms with E-state index in [0.717, 1.165) is 11.8 Å². The second-order valence-corrected chi connectivity index (χ2v) is 7.74. The number of hydrogen-bond donors (Lipinski definition) is 1. The van der Waals surface area contributed by atoms with E-state index in [4.69, 9.17) is 4.74 Å². The average Bonchev–Trinajstić information content (AvgIpc) is 2.75. The molecule has 23 heavy (non-hydrogen) atoms. The highest BCUT2D eigenvalue weighted by Crippen LogP contribution is 2.17. The minimum absolute atomic E-state index is 0.0133. The van der Waals surface area contributed by atoms with Gasteiger partial charge in [0.2, 0.25) is 5.91 Å². The van der Waals surface area contributed by atoms with Gasteiger partial charge in [-0.1, -0.05) is 12.1 Å². The van der Waals surface area contributed by atoms with Crippen molar-refractivity contribution in [2.24, 2.45) is 0 Å². The molecule has 0 aliphatic heterocycles. The maximum absolute atomic E-state index is 12.2. The molecule has 0 bridgehead atoms. The minimum atomic E-state index is -3.25. The Hall–Kier alpha value is -1.93. The number of carbonyl (C=O) groups excluding carboxylic acids is 1. The van der Waals surface area contributed by atoms with Crippen molar-refractivity contribution in [3.05, 3.63) is 30.1 Å². The summed E-state index contributed by atoms with van der Waals surface area (Å²) in [5.41, 5.74) is 1.41. The van der Waals surface area contributed by atoms with Gasteiger partial charge in [-0.15, -0.1) is 0 Å². The number of sulfone groups is 1. The number of benzene rings is 1. The first-order valence-electron chi connectivity index (χ1n) is 7.20. The fraction of sp³-hybridized carbons (Fsp3) is 0.467. The van der Waals surface area contributed by atoms with Gasteiger partial charge in [0.1, 0.15) is 18.1 Å². The Bertz CT molecular complexity index is 798. The summed E-state index contributed by atoms with van der Waals surface area (Å²) in [7, 11) is -1.68. The van der Waals surface area contributed by atoms with E-state index >= 15 is 0 Å². The molecule has 1 unspecified atom stereocenters. The number of hydrogen-bond acceptors (Lipinski definition) is 5. The van der Waals surface area contributed by atoms with Crippen LogP contribution in [-0.4, -0.2) is 49.9 Å². The lowest BCUT2D eigenvalue weighted by Crippen LogP contribution is -2.38. The van der Waals surface area contributed by atoms with E-state index in [1.54, 1.807) is 17.7 Å². The smallest absolute Gasteiger partial charge is 0.240 e. The van der Waals surface area contributed by atoms with Crippen LogP contribution in [0.15, 0.2) is 24.3 Å². The fourth-order valence-electron chi connectivity index (χ4n) is 2.40. The molecule has 1 N–H and O–H groups in total. The summed E-state index contributed by atoms with van der Waals surface area (Å²) >= 11 is 0. The van der Waals surface area contributed by atoms with E-state index < -0.39 is 9.84 Å². The van der Waals surface area contributed by atoms with Gasteiger partial charge in [-0.05, 0) is 19.1 Å². The third-order valence-electron chi connectivity index (χ3n) is 3.25. The van der Waals surface area contributed by atoms with Gasteiger partial charge >= 0.3 is 0 Å². The lowest BCUT2D eigenvalue weighted by atomic mass is 10.3. The number of methoxy groups -OCH3 is 1. The molecule has 0 aliphatic rings. The Morgan fingerprint density at radius 1 is 1.39 bits per heavy atom. The van der Waals surface area contributed by atoms with E-state index in [0.29, 0.717) is 17.9 Å². The maximum Gasteiger partial charge on any atom is 0.240 e. The van der Waals surface area contributed by atoms with Crippen molar-refractivity contribution in [1.29, 1.82) is 0 Å². The van der Waals surface area contributed by atoms with E-state index in [2.05, 4.69) is 10.3 Å². The van der Waals surface area contributed by atoms with Crippen LogP contribution in [0.2, 0.25) is 0 Å². The molecular formula is C15H21N3O4S. The first-order chi connectivity index (χ1) is 10.8. The van der Waals surface area contributed by atoms with Gasteiger partial charge in [-0.2, -0.15) is 0 Å². The van der Waals surface area contributed by atoms with Gasteiger partial charge < -0.3 is 14.6 Å². The van der Waals surface area contributed by atoms with Gasteiger partial charge in [0, 0.05) is 19.4 Å². The van der Waals surface area contributed by atoms with Crippen molar-refractivity contribution in [3.63, 3.8) is 0 Å². The second kappa shape index (κ2) is 7.10. The summed E-state index contributed by atoms with van der Waals surface area (Å²) in [4.78, 5) is 16.5. The van der Waals surface area contributed by atoms with Gasteiger partial charge in [-0.25, -0.2) is 13.4 Å². The molecule has 2 rings (SSSR count).